The van der Waals surface area contributed by atoms with Crippen molar-refractivity contribution in [3.8, 4) is 0 Å². The number of nitrogens with one attached hydrogen (secondary N) is 1. The average Bonchev–Trinajstić information content (AvgIpc) is 2.46. The molecule has 2 atom stereocenters. The van der Waals surface area contributed by atoms with Crippen molar-refractivity contribution in [2.75, 3.05) is 6.54 Å². The predicted molar refractivity (Wildman–Crippen MR) is 80.2 cm³/mol. The van der Waals surface area contributed by atoms with Crippen LogP contribution >= 0.6 is 11.6 Å². The van der Waals surface area contributed by atoms with Crippen molar-refractivity contribution in [1.82, 2.24) is 10.6 Å². The van der Waals surface area contributed by atoms with Crippen molar-refractivity contribution in [2.45, 2.75) is 44.6 Å². The van der Waals surface area contributed by atoms with E-state index < -0.39 is 0 Å². The molecule has 1 amide bonds. The molecule has 3 nitrogen and oxygen atoms in total. The molecule has 1 saturated heterocycles. The molecule has 3 rings (SSSR count). The van der Waals surface area contributed by atoms with E-state index in [-0.39, 0.29) is 5.91 Å². The Kier molecular flexibility index (Phi) is 3.88. The third-order valence-corrected chi connectivity index (χ3v) is 5.02. The summed E-state index contributed by atoms with van der Waals surface area (Å²) in [5.74, 6) is 0.724. The van der Waals surface area contributed by atoms with Gasteiger partial charge >= 0.3 is 0 Å². The summed E-state index contributed by atoms with van der Waals surface area (Å²) in [4.78, 5) is 14.8. The minimum Gasteiger partial charge on any atom is -0.335 e. The zero-order valence-electron chi connectivity index (χ0n) is 11.6. The first-order valence-electron chi connectivity index (χ1n) is 7.49. The first kappa shape index (κ1) is 13.7. The molecule has 0 spiro atoms. The van der Waals surface area contributed by atoms with Crippen LogP contribution in [0.2, 0.25) is 5.02 Å². The van der Waals surface area contributed by atoms with Crippen molar-refractivity contribution >= 4 is 23.2 Å². The fraction of sp³-hybridized carbons (Fsp3) is 0.562. The number of piperidine rings is 1. The fourth-order valence-electron chi connectivity index (χ4n) is 3.72. The molecule has 20 heavy (non-hydrogen) atoms. The van der Waals surface area contributed by atoms with Gasteiger partial charge in [0.1, 0.15) is 0 Å². The van der Waals surface area contributed by atoms with Crippen molar-refractivity contribution in [3.05, 3.63) is 28.8 Å². The Hall–Kier alpha value is -1.22. The highest BCUT2D eigenvalue weighted by atomic mass is 35.5. The van der Waals surface area contributed by atoms with Gasteiger partial charge in [-0.1, -0.05) is 24.4 Å². The number of hydrogen-bond donors (Lipinski definition) is 0. The van der Waals surface area contributed by atoms with Gasteiger partial charge in [-0.25, -0.2) is 0 Å². The van der Waals surface area contributed by atoms with E-state index in [1.165, 1.54) is 25.7 Å². The molecule has 0 bridgehead atoms. The number of halogens is 1. The highest BCUT2D eigenvalue weighted by molar-refractivity contribution is 6.34. The summed E-state index contributed by atoms with van der Waals surface area (Å²) in [6.45, 7) is 0.846. The average molecular weight is 292 g/mol. The van der Waals surface area contributed by atoms with Crippen molar-refractivity contribution in [3.63, 3.8) is 0 Å². The number of benzene rings is 1. The fourth-order valence-corrected chi connectivity index (χ4v) is 3.98. The lowest BCUT2D eigenvalue weighted by Gasteiger charge is -2.44. The molecule has 1 radical (unpaired) electrons. The summed E-state index contributed by atoms with van der Waals surface area (Å²) in [7, 11) is 0. The summed E-state index contributed by atoms with van der Waals surface area (Å²) in [5, 5.41) is 0.403. The first-order chi connectivity index (χ1) is 9.66. The molecule has 1 aliphatic carbocycles. The Balaban J connectivity index is 1.85. The minimum absolute atomic E-state index is 0.0478. The predicted octanol–water partition coefficient (Wildman–Crippen LogP) is 4.05. The summed E-state index contributed by atoms with van der Waals surface area (Å²) in [5.41, 5.74) is 8.45. The Bertz CT molecular complexity index is 515. The molecule has 2 unspecified atom stereocenters. The van der Waals surface area contributed by atoms with Gasteiger partial charge in [-0.05, 0) is 49.8 Å². The summed E-state index contributed by atoms with van der Waals surface area (Å²) < 4.78 is 0. The molecule has 2 fully saturated rings. The zero-order valence-corrected chi connectivity index (χ0v) is 12.3. The number of rotatable bonds is 1. The SMILES string of the molecule is [NH]c1ccc(C(=O)N2CCCC3CCCCC32)c(Cl)c1. The second-order valence-corrected chi connectivity index (χ2v) is 6.35. The molecule has 1 aromatic rings. The lowest BCUT2D eigenvalue weighted by atomic mass is 9.78. The van der Waals surface area contributed by atoms with E-state index in [1.54, 1.807) is 18.2 Å². The molecule has 1 N–H and O–H groups in total. The Morgan fingerprint density at radius 3 is 2.75 bits per heavy atom. The standard InChI is InChI=1S/C16H20ClN2O/c17-14-10-12(18)7-8-13(14)16(20)19-9-3-5-11-4-1-2-6-15(11)19/h7-8,10-11,15,18H,1-6,9H2. The second-order valence-electron chi connectivity index (χ2n) is 5.95. The molecule has 2 aliphatic rings. The third-order valence-electron chi connectivity index (χ3n) is 4.70. The minimum atomic E-state index is 0.0478. The smallest absolute Gasteiger partial charge is 0.255 e. The number of carbonyl (C=O) groups excluding carboxylic acids is 1. The number of likely N-dealkylation sites (tertiary alicyclic amines) is 1. The maximum absolute atomic E-state index is 12.8. The van der Waals surface area contributed by atoms with Crippen LogP contribution in [0.4, 0.5) is 5.69 Å². The van der Waals surface area contributed by atoms with Crippen LogP contribution in [-0.2, 0) is 0 Å². The second kappa shape index (κ2) is 5.65. The largest absolute Gasteiger partial charge is 0.335 e. The number of carbonyl (C=O) groups is 1. The molecular formula is C16H20ClN2O. The number of fused-ring (bicyclic) bond motifs is 1. The van der Waals surface area contributed by atoms with Crippen LogP contribution in [-0.4, -0.2) is 23.4 Å². The van der Waals surface area contributed by atoms with Crippen LogP contribution in [0.15, 0.2) is 18.2 Å². The van der Waals surface area contributed by atoms with Gasteiger partial charge in [-0.15, -0.1) is 0 Å². The lowest BCUT2D eigenvalue weighted by molar-refractivity contribution is 0.0391. The van der Waals surface area contributed by atoms with Crippen LogP contribution < -0.4 is 5.73 Å². The Labute approximate surface area is 125 Å². The zero-order chi connectivity index (χ0) is 14.1. The first-order valence-corrected chi connectivity index (χ1v) is 7.87. The summed E-state index contributed by atoms with van der Waals surface area (Å²) in [6, 6.07) is 5.29. The molecule has 1 aromatic carbocycles. The maximum Gasteiger partial charge on any atom is 0.255 e. The topological polar surface area (TPSA) is 44.1 Å². The number of hydrogen-bond acceptors (Lipinski definition) is 1. The van der Waals surface area contributed by atoms with Gasteiger partial charge in [0, 0.05) is 12.6 Å². The van der Waals surface area contributed by atoms with Crippen LogP contribution in [0.3, 0.4) is 0 Å². The molecule has 1 aliphatic heterocycles. The van der Waals surface area contributed by atoms with E-state index in [2.05, 4.69) is 0 Å². The van der Waals surface area contributed by atoms with Crippen molar-refractivity contribution in [2.24, 2.45) is 5.92 Å². The van der Waals surface area contributed by atoms with E-state index in [0.717, 1.165) is 19.4 Å². The van der Waals surface area contributed by atoms with Gasteiger partial charge in [0.25, 0.3) is 5.91 Å². The lowest BCUT2D eigenvalue weighted by Crippen LogP contribution is -2.49. The summed E-state index contributed by atoms with van der Waals surface area (Å²) >= 11 is 6.15. The summed E-state index contributed by atoms with van der Waals surface area (Å²) in [6.07, 6.45) is 7.27. The maximum atomic E-state index is 12.8. The molecule has 4 heteroatoms. The number of nitrogens with zero attached hydrogens (tertiary/aromatic N) is 1. The normalized spacial score (nSPS) is 26.1. The van der Waals surface area contributed by atoms with Crippen molar-refractivity contribution in [1.29, 1.82) is 0 Å². The van der Waals surface area contributed by atoms with E-state index in [0.29, 0.717) is 28.2 Å². The Morgan fingerprint density at radius 1 is 1.20 bits per heavy atom. The Morgan fingerprint density at radius 2 is 1.95 bits per heavy atom. The van der Waals surface area contributed by atoms with Crippen LogP contribution in [0, 0.1) is 5.92 Å². The van der Waals surface area contributed by atoms with Gasteiger partial charge in [-0.2, -0.15) is 0 Å². The van der Waals surface area contributed by atoms with E-state index in [1.807, 2.05) is 4.90 Å². The van der Waals surface area contributed by atoms with Gasteiger partial charge in [0.2, 0.25) is 0 Å². The highest BCUT2D eigenvalue weighted by Crippen LogP contribution is 2.36. The van der Waals surface area contributed by atoms with E-state index >= 15 is 0 Å². The molecule has 1 heterocycles. The quantitative estimate of drug-likeness (QED) is 0.770. The van der Waals surface area contributed by atoms with Gasteiger partial charge in [0.05, 0.1) is 16.3 Å². The van der Waals surface area contributed by atoms with Crippen LogP contribution in [0.5, 0.6) is 0 Å². The molecule has 1 saturated carbocycles. The molecular weight excluding hydrogens is 272 g/mol. The highest BCUT2D eigenvalue weighted by Gasteiger charge is 2.36. The monoisotopic (exact) mass is 291 g/mol. The van der Waals surface area contributed by atoms with Crippen molar-refractivity contribution < 1.29 is 4.79 Å². The van der Waals surface area contributed by atoms with Crippen LogP contribution in [0.1, 0.15) is 48.9 Å². The molecule has 107 valence electrons. The van der Waals surface area contributed by atoms with E-state index in [9.17, 15) is 4.79 Å². The van der Waals surface area contributed by atoms with Gasteiger partial charge in [0.15, 0.2) is 0 Å². The molecule has 0 aromatic heterocycles. The van der Waals surface area contributed by atoms with E-state index in [4.69, 9.17) is 17.3 Å². The number of amides is 1. The van der Waals surface area contributed by atoms with Gasteiger partial charge in [-0.3, -0.25) is 4.79 Å². The van der Waals surface area contributed by atoms with Gasteiger partial charge < -0.3 is 10.6 Å². The van der Waals surface area contributed by atoms with Crippen LogP contribution in [0.25, 0.3) is 0 Å². The third kappa shape index (κ3) is 2.51.